The van der Waals surface area contributed by atoms with Crippen molar-refractivity contribution >= 4 is 11.6 Å². The van der Waals surface area contributed by atoms with E-state index < -0.39 is 0 Å². The number of hydrogen-bond donors (Lipinski definition) is 2. The van der Waals surface area contributed by atoms with E-state index in [1.165, 1.54) is 32.4 Å². The minimum absolute atomic E-state index is 0.185. The molecule has 0 spiro atoms. The molecule has 2 aliphatic rings. The minimum atomic E-state index is -0.282. The molecule has 1 aromatic rings. The Bertz CT molecular complexity index is 487. The van der Waals surface area contributed by atoms with Gasteiger partial charge in [0.1, 0.15) is 0 Å². The number of nitrogens with zero attached hydrogens (tertiary/aromatic N) is 1. The first-order chi connectivity index (χ1) is 10.2. The number of hydrogen-bond acceptors (Lipinski definition) is 3. The smallest absolute Gasteiger partial charge is 0.230 e. The highest BCUT2D eigenvalue weighted by molar-refractivity contribution is 5.91. The molecule has 3 rings (SSSR count). The summed E-state index contributed by atoms with van der Waals surface area (Å²) in [4.78, 5) is 14.9. The lowest BCUT2D eigenvalue weighted by Crippen LogP contribution is -2.41. The molecule has 2 fully saturated rings. The molecule has 4 nitrogen and oxygen atoms in total. The second kappa shape index (κ2) is 6.06. The molecule has 0 radical (unpaired) electrons. The van der Waals surface area contributed by atoms with Crippen LogP contribution in [0.3, 0.4) is 0 Å². The van der Waals surface area contributed by atoms with Crippen LogP contribution >= 0.6 is 0 Å². The van der Waals surface area contributed by atoms with Crippen molar-refractivity contribution in [2.45, 2.75) is 37.5 Å². The van der Waals surface area contributed by atoms with Crippen molar-refractivity contribution in [3.8, 4) is 0 Å². The molecule has 0 aromatic heterocycles. The maximum atomic E-state index is 12.5. The van der Waals surface area contributed by atoms with Crippen molar-refractivity contribution < 1.29 is 4.79 Å². The standard InChI is InChI=1S/C17H25N3O/c18-15-6-4-14(5-7-15)17(8-9-17)16(21)19-10-13-20-11-2-1-3-12-20/h4-7H,1-3,8-13,18H2,(H,19,21). The van der Waals surface area contributed by atoms with Crippen LogP contribution in [0.5, 0.6) is 0 Å². The van der Waals surface area contributed by atoms with Crippen LogP contribution in [0.1, 0.15) is 37.7 Å². The van der Waals surface area contributed by atoms with Crippen LogP contribution in [0.2, 0.25) is 0 Å². The van der Waals surface area contributed by atoms with Crippen LogP contribution in [0.15, 0.2) is 24.3 Å². The third-order valence-corrected chi connectivity index (χ3v) is 4.81. The van der Waals surface area contributed by atoms with Crippen LogP contribution in [0, 0.1) is 0 Å². The fourth-order valence-corrected chi connectivity index (χ4v) is 3.25. The average molecular weight is 287 g/mol. The minimum Gasteiger partial charge on any atom is -0.399 e. The van der Waals surface area contributed by atoms with E-state index in [4.69, 9.17) is 5.73 Å². The van der Waals surface area contributed by atoms with Crippen molar-refractivity contribution in [3.63, 3.8) is 0 Å². The second-order valence-electron chi connectivity index (χ2n) is 6.36. The van der Waals surface area contributed by atoms with Crippen LogP contribution in [0.4, 0.5) is 5.69 Å². The molecule has 0 bridgehead atoms. The number of amides is 1. The summed E-state index contributed by atoms with van der Waals surface area (Å²) in [6.07, 6.45) is 5.84. The number of likely N-dealkylation sites (tertiary alicyclic amines) is 1. The Morgan fingerprint density at radius 3 is 2.43 bits per heavy atom. The third-order valence-electron chi connectivity index (χ3n) is 4.81. The molecule has 1 saturated carbocycles. The Morgan fingerprint density at radius 2 is 1.81 bits per heavy atom. The lowest BCUT2D eigenvalue weighted by Gasteiger charge is -2.26. The van der Waals surface area contributed by atoms with Gasteiger partial charge in [-0.1, -0.05) is 18.6 Å². The maximum Gasteiger partial charge on any atom is 0.230 e. The number of nitrogens with two attached hydrogens (primary N) is 1. The van der Waals surface area contributed by atoms with Crippen molar-refractivity contribution in [1.82, 2.24) is 10.2 Å². The predicted molar refractivity (Wildman–Crippen MR) is 85.1 cm³/mol. The zero-order chi connectivity index (χ0) is 14.7. The molecule has 4 heteroatoms. The Balaban J connectivity index is 1.51. The zero-order valence-corrected chi connectivity index (χ0v) is 12.6. The van der Waals surface area contributed by atoms with Crippen LogP contribution in [0.25, 0.3) is 0 Å². The van der Waals surface area contributed by atoms with Crippen LogP contribution in [-0.4, -0.2) is 37.0 Å². The van der Waals surface area contributed by atoms with Gasteiger partial charge in [0.25, 0.3) is 0 Å². The van der Waals surface area contributed by atoms with Crippen molar-refractivity contribution in [1.29, 1.82) is 0 Å². The number of carbonyl (C=O) groups is 1. The normalized spacial score (nSPS) is 21.0. The molecule has 0 unspecified atom stereocenters. The number of piperidine rings is 1. The van der Waals surface area contributed by atoms with Crippen LogP contribution in [-0.2, 0) is 10.2 Å². The largest absolute Gasteiger partial charge is 0.399 e. The van der Waals surface area contributed by atoms with Gasteiger partial charge in [0.05, 0.1) is 5.41 Å². The first kappa shape index (κ1) is 14.4. The molecule has 1 aliphatic heterocycles. The number of benzene rings is 1. The van der Waals surface area contributed by atoms with Gasteiger partial charge in [-0.05, 0) is 56.5 Å². The molecular weight excluding hydrogens is 262 g/mol. The number of nitrogen functional groups attached to an aromatic ring is 1. The fraction of sp³-hybridized carbons (Fsp3) is 0.588. The molecule has 1 saturated heterocycles. The Kier molecular flexibility index (Phi) is 4.15. The molecule has 21 heavy (non-hydrogen) atoms. The van der Waals surface area contributed by atoms with Crippen molar-refractivity contribution in [2.75, 3.05) is 31.9 Å². The highest BCUT2D eigenvalue weighted by atomic mass is 16.2. The summed E-state index contributed by atoms with van der Waals surface area (Å²) in [5.41, 5.74) is 7.29. The summed E-state index contributed by atoms with van der Waals surface area (Å²) in [7, 11) is 0. The Hall–Kier alpha value is -1.55. The van der Waals surface area contributed by atoms with E-state index in [-0.39, 0.29) is 11.3 Å². The molecular formula is C17H25N3O. The molecule has 0 atom stereocenters. The quantitative estimate of drug-likeness (QED) is 0.813. The predicted octanol–water partition coefficient (Wildman–Crippen LogP) is 1.90. The second-order valence-corrected chi connectivity index (χ2v) is 6.36. The van der Waals surface area contributed by atoms with Crippen molar-refractivity contribution in [3.05, 3.63) is 29.8 Å². The summed E-state index contributed by atoms with van der Waals surface area (Å²) < 4.78 is 0. The molecule has 114 valence electrons. The SMILES string of the molecule is Nc1ccc(C2(C(=O)NCCN3CCCCC3)CC2)cc1. The van der Waals surface area contributed by atoms with Crippen molar-refractivity contribution in [2.24, 2.45) is 0 Å². The highest BCUT2D eigenvalue weighted by Crippen LogP contribution is 2.48. The monoisotopic (exact) mass is 287 g/mol. The summed E-state index contributed by atoms with van der Waals surface area (Å²) in [5, 5.41) is 3.13. The van der Waals surface area contributed by atoms with E-state index >= 15 is 0 Å². The molecule has 1 amide bonds. The number of anilines is 1. The van der Waals surface area contributed by atoms with E-state index in [0.717, 1.165) is 37.2 Å². The van der Waals surface area contributed by atoms with Gasteiger partial charge in [-0.15, -0.1) is 0 Å². The Morgan fingerprint density at radius 1 is 1.14 bits per heavy atom. The Labute approximate surface area is 126 Å². The average Bonchev–Trinajstić information content (AvgIpc) is 3.31. The first-order valence-corrected chi connectivity index (χ1v) is 8.07. The first-order valence-electron chi connectivity index (χ1n) is 8.07. The fourth-order valence-electron chi connectivity index (χ4n) is 3.25. The van der Waals surface area contributed by atoms with E-state index in [0.29, 0.717) is 0 Å². The van der Waals surface area contributed by atoms with Gasteiger partial charge in [0.15, 0.2) is 0 Å². The van der Waals surface area contributed by atoms with Gasteiger partial charge in [-0.3, -0.25) is 4.79 Å². The van der Waals surface area contributed by atoms with Gasteiger partial charge in [-0.2, -0.15) is 0 Å². The molecule has 3 N–H and O–H groups in total. The number of carbonyl (C=O) groups excluding carboxylic acids is 1. The van der Waals surface area contributed by atoms with Gasteiger partial charge >= 0.3 is 0 Å². The topological polar surface area (TPSA) is 58.4 Å². The highest BCUT2D eigenvalue weighted by Gasteiger charge is 2.50. The summed E-state index contributed by atoms with van der Waals surface area (Å²) in [6, 6.07) is 7.76. The van der Waals surface area contributed by atoms with Crippen LogP contribution < -0.4 is 11.1 Å². The van der Waals surface area contributed by atoms with Gasteiger partial charge in [0, 0.05) is 18.8 Å². The summed E-state index contributed by atoms with van der Waals surface area (Å²) in [5.74, 6) is 0.185. The number of rotatable bonds is 5. The third kappa shape index (κ3) is 3.21. The lowest BCUT2D eigenvalue weighted by atomic mass is 9.95. The maximum absolute atomic E-state index is 12.5. The molecule has 1 heterocycles. The number of nitrogens with one attached hydrogen (secondary N) is 1. The summed E-state index contributed by atoms with van der Waals surface area (Å²) >= 11 is 0. The lowest BCUT2D eigenvalue weighted by molar-refractivity contribution is -0.123. The van der Waals surface area contributed by atoms with E-state index in [1.807, 2.05) is 24.3 Å². The summed E-state index contributed by atoms with van der Waals surface area (Å²) in [6.45, 7) is 4.09. The molecule has 1 aliphatic carbocycles. The van der Waals surface area contributed by atoms with Gasteiger partial charge < -0.3 is 16.0 Å². The van der Waals surface area contributed by atoms with Gasteiger partial charge in [-0.25, -0.2) is 0 Å². The molecule has 1 aromatic carbocycles. The van der Waals surface area contributed by atoms with E-state index in [9.17, 15) is 4.79 Å². The van der Waals surface area contributed by atoms with E-state index in [2.05, 4.69) is 10.2 Å². The zero-order valence-electron chi connectivity index (χ0n) is 12.6. The van der Waals surface area contributed by atoms with E-state index in [1.54, 1.807) is 0 Å². The van der Waals surface area contributed by atoms with Gasteiger partial charge in [0.2, 0.25) is 5.91 Å².